The Labute approximate surface area is 142 Å². The van der Waals surface area contributed by atoms with Crippen molar-refractivity contribution in [1.29, 1.82) is 0 Å². The Balaban J connectivity index is 1.99. The van der Waals surface area contributed by atoms with E-state index in [0.717, 1.165) is 31.0 Å². The zero-order chi connectivity index (χ0) is 18.2. The van der Waals surface area contributed by atoms with E-state index in [1.165, 1.54) is 6.20 Å². The molecule has 1 unspecified atom stereocenters. The van der Waals surface area contributed by atoms with E-state index >= 15 is 0 Å². The van der Waals surface area contributed by atoms with Gasteiger partial charge < -0.3 is 4.52 Å². The maximum Gasteiger partial charge on any atom is 0.416 e. The highest BCUT2D eigenvalue weighted by Gasteiger charge is 2.35. The Bertz CT molecular complexity index is 829. The highest BCUT2D eigenvalue weighted by Crippen LogP contribution is 2.42. The fourth-order valence-electron chi connectivity index (χ4n) is 2.43. The number of alkyl halides is 3. The Morgan fingerprint density at radius 3 is 2.68 bits per heavy atom. The van der Waals surface area contributed by atoms with Gasteiger partial charge in [0.1, 0.15) is 0 Å². The number of halogens is 3. The number of benzene rings is 1. The van der Waals surface area contributed by atoms with Gasteiger partial charge in [0.05, 0.1) is 23.9 Å². The zero-order valence-corrected chi connectivity index (χ0v) is 13.4. The first kappa shape index (κ1) is 17.8. The van der Waals surface area contributed by atoms with Crippen molar-refractivity contribution < 1.29 is 35.4 Å². The summed E-state index contributed by atoms with van der Waals surface area (Å²) in [7, 11) is 0. The topological polar surface area (TPSA) is 89.6 Å². The summed E-state index contributed by atoms with van der Waals surface area (Å²) in [4.78, 5) is 12.7. The minimum Gasteiger partial charge on any atom is -0.360 e. The molecule has 134 valence electrons. The van der Waals surface area contributed by atoms with Gasteiger partial charge in [-0.3, -0.25) is 13.5 Å². The predicted octanol–water partition coefficient (Wildman–Crippen LogP) is 3.46. The van der Waals surface area contributed by atoms with E-state index in [4.69, 9.17) is 9.08 Å². The molecular weight excluding hydrogens is 363 g/mol. The quantitative estimate of drug-likeness (QED) is 0.614. The van der Waals surface area contributed by atoms with Crippen LogP contribution in [0.15, 0.2) is 28.9 Å². The second kappa shape index (κ2) is 6.70. The zero-order valence-electron chi connectivity index (χ0n) is 12.6. The van der Waals surface area contributed by atoms with E-state index in [-0.39, 0.29) is 22.6 Å². The fraction of sp³-hybridized carbons (Fsp3) is 0.333. The molecule has 1 saturated carbocycles. The van der Waals surface area contributed by atoms with Crippen molar-refractivity contribution >= 4 is 17.1 Å². The Morgan fingerprint density at radius 2 is 2.08 bits per heavy atom. The summed E-state index contributed by atoms with van der Waals surface area (Å²) in [5, 5.41) is 3.59. The van der Waals surface area contributed by atoms with Crippen molar-refractivity contribution in [2.75, 3.05) is 0 Å². The van der Waals surface area contributed by atoms with Crippen LogP contribution in [0.25, 0.3) is 0 Å². The number of ketones is 1. The monoisotopic (exact) mass is 375 g/mol. The average molecular weight is 375 g/mol. The molecule has 1 N–H and O–H groups in total. The van der Waals surface area contributed by atoms with Crippen LogP contribution in [-0.2, 0) is 28.3 Å². The highest BCUT2D eigenvalue weighted by atomic mass is 32.2. The van der Waals surface area contributed by atoms with Gasteiger partial charge in [-0.25, -0.2) is 0 Å². The van der Waals surface area contributed by atoms with Gasteiger partial charge in [0, 0.05) is 11.5 Å². The molecule has 1 fully saturated rings. The normalized spacial score (nSPS) is 16.0. The standard InChI is InChI=1S/C15H12F3NO5S/c16-15(17,18)10-3-4-11(9(5-10)7-23-25(21)22)13(20)12-6-19-24-14(12)8-1-2-8/h3-6,8H,1-2,7H2,(H,21,22). The first-order valence-corrected chi connectivity index (χ1v) is 8.24. The highest BCUT2D eigenvalue weighted by molar-refractivity contribution is 7.74. The molecule has 6 nitrogen and oxygen atoms in total. The van der Waals surface area contributed by atoms with E-state index in [9.17, 15) is 22.2 Å². The van der Waals surface area contributed by atoms with Gasteiger partial charge in [0.25, 0.3) is 0 Å². The van der Waals surface area contributed by atoms with Crippen molar-refractivity contribution in [2.24, 2.45) is 0 Å². The van der Waals surface area contributed by atoms with Crippen LogP contribution in [0.1, 0.15) is 51.6 Å². The first-order valence-electron chi connectivity index (χ1n) is 7.21. The largest absolute Gasteiger partial charge is 0.416 e. The molecule has 10 heteroatoms. The molecular formula is C15H12F3NO5S. The number of nitrogens with zero attached hydrogens (tertiary/aromatic N) is 1. The smallest absolute Gasteiger partial charge is 0.360 e. The van der Waals surface area contributed by atoms with Crippen LogP contribution in [0.4, 0.5) is 13.2 Å². The van der Waals surface area contributed by atoms with Crippen molar-refractivity contribution in [2.45, 2.75) is 31.5 Å². The van der Waals surface area contributed by atoms with Gasteiger partial charge in [0.2, 0.25) is 0 Å². The Hall–Kier alpha value is -2.04. The van der Waals surface area contributed by atoms with Crippen LogP contribution >= 0.6 is 0 Å². The molecule has 3 rings (SSSR count). The molecule has 1 atom stereocenters. The summed E-state index contributed by atoms with van der Waals surface area (Å²) >= 11 is -2.68. The number of carbonyl (C=O) groups is 1. The van der Waals surface area contributed by atoms with Crippen LogP contribution < -0.4 is 0 Å². The Morgan fingerprint density at radius 1 is 1.36 bits per heavy atom. The molecule has 0 amide bonds. The third-order valence-electron chi connectivity index (χ3n) is 3.78. The van der Waals surface area contributed by atoms with Gasteiger partial charge >= 0.3 is 17.5 Å². The molecule has 25 heavy (non-hydrogen) atoms. The first-order chi connectivity index (χ1) is 11.8. The molecule has 0 bridgehead atoms. The lowest BCUT2D eigenvalue weighted by molar-refractivity contribution is -0.137. The summed E-state index contributed by atoms with van der Waals surface area (Å²) in [5.41, 5.74) is -1.03. The Kier molecular flexibility index (Phi) is 4.76. The lowest BCUT2D eigenvalue weighted by atomic mass is 9.96. The van der Waals surface area contributed by atoms with E-state index in [1.807, 2.05) is 0 Å². The third-order valence-corrected chi connectivity index (χ3v) is 4.10. The van der Waals surface area contributed by atoms with Crippen LogP contribution in [-0.4, -0.2) is 19.7 Å². The lowest BCUT2D eigenvalue weighted by Gasteiger charge is -2.12. The molecule has 1 heterocycles. The minimum absolute atomic E-state index is 0.0662. The van der Waals surface area contributed by atoms with Crippen LogP contribution in [0, 0.1) is 0 Å². The molecule has 0 saturated heterocycles. The van der Waals surface area contributed by atoms with Crippen molar-refractivity contribution in [3.05, 3.63) is 52.4 Å². The maximum atomic E-state index is 12.9. The van der Waals surface area contributed by atoms with E-state index in [2.05, 4.69) is 9.34 Å². The average Bonchev–Trinajstić information content (AvgIpc) is 3.28. The van der Waals surface area contributed by atoms with Gasteiger partial charge in [-0.15, -0.1) is 0 Å². The van der Waals surface area contributed by atoms with Gasteiger partial charge in [0.15, 0.2) is 11.5 Å². The minimum atomic E-state index is -4.62. The number of hydrogen-bond donors (Lipinski definition) is 1. The molecule has 1 aromatic carbocycles. The van der Waals surface area contributed by atoms with Crippen molar-refractivity contribution in [3.63, 3.8) is 0 Å². The predicted molar refractivity (Wildman–Crippen MR) is 78.9 cm³/mol. The second-order valence-electron chi connectivity index (χ2n) is 5.56. The molecule has 1 aliphatic rings. The molecule has 0 spiro atoms. The summed E-state index contributed by atoms with van der Waals surface area (Å²) in [6.07, 6.45) is -1.70. The van der Waals surface area contributed by atoms with Crippen LogP contribution in [0.3, 0.4) is 0 Å². The number of carbonyl (C=O) groups excluding carboxylic acids is 1. The summed E-state index contributed by atoms with van der Waals surface area (Å²) in [5.74, 6) is -0.0813. The van der Waals surface area contributed by atoms with Gasteiger partial charge in [-0.05, 0) is 30.5 Å². The van der Waals surface area contributed by atoms with E-state index in [0.29, 0.717) is 5.76 Å². The maximum absolute atomic E-state index is 12.9. The molecule has 0 radical (unpaired) electrons. The number of aromatic nitrogens is 1. The van der Waals surface area contributed by atoms with Crippen LogP contribution in [0.5, 0.6) is 0 Å². The van der Waals surface area contributed by atoms with Crippen molar-refractivity contribution in [1.82, 2.24) is 5.16 Å². The fourth-order valence-corrected chi connectivity index (χ4v) is 2.66. The lowest BCUT2D eigenvalue weighted by Crippen LogP contribution is -2.12. The van der Waals surface area contributed by atoms with Gasteiger partial charge in [-0.2, -0.15) is 17.4 Å². The van der Waals surface area contributed by atoms with E-state index in [1.54, 1.807) is 0 Å². The molecule has 1 aliphatic carbocycles. The number of rotatable bonds is 6. The third kappa shape index (κ3) is 3.97. The summed E-state index contributed by atoms with van der Waals surface area (Å²) in [6, 6.07) is 2.52. The second-order valence-corrected chi connectivity index (χ2v) is 6.23. The van der Waals surface area contributed by atoms with E-state index < -0.39 is 35.5 Å². The molecule has 0 aliphatic heterocycles. The SMILES string of the molecule is O=C(c1ccc(C(F)(F)F)cc1COS(=O)O)c1cnoc1C1CC1. The van der Waals surface area contributed by atoms with Crippen molar-refractivity contribution in [3.8, 4) is 0 Å². The van der Waals surface area contributed by atoms with Gasteiger partial charge in [-0.1, -0.05) is 11.2 Å². The molecule has 2 aromatic rings. The summed E-state index contributed by atoms with van der Waals surface area (Å²) < 4.78 is 67.6. The number of hydrogen-bond acceptors (Lipinski definition) is 5. The summed E-state index contributed by atoms with van der Waals surface area (Å²) in [6.45, 7) is -0.627. The molecule has 1 aromatic heterocycles. The van der Waals surface area contributed by atoms with Crippen LogP contribution in [0.2, 0.25) is 0 Å².